The van der Waals surface area contributed by atoms with E-state index >= 15 is 0 Å². The van der Waals surface area contributed by atoms with E-state index in [1.165, 1.54) is 6.07 Å². The zero-order valence-electron chi connectivity index (χ0n) is 15.1. The van der Waals surface area contributed by atoms with Crippen LogP contribution in [0.15, 0.2) is 36.4 Å². The summed E-state index contributed by atoms with van der Waals surface area (Å²) < 4.78 is 24.9. The van der Waals surface area contributed by atoms with Crippen LogP contribution >= 0.6 is 11.6 Å². The van der Waals surface area contributed by atoms with E-state index in [-0.39, 0.29) is 24.8 Å². The van der Waals surface area contributed by atoms with E-state index in [0.29, 0.717) is 36.8 Å². The number of nitrogens with one attached hydrogen (secondary N) is 1. The SMILES string of the molecule is CN(CC(=O)NCCc1ccc2c(c1)OCCO2)Cc1c(F)cccc1Cl. The van der Waals surface area contributed by atoms with Crippen molar-refractivity contribution in [2.45, 2.75) is 13.0 Å². The summed E-state index contributed by atoms with van der Waals surface area (Å²) in [7, 11) is 1.75. The van der Waals surface area contributed by atoms with Crippen molar-refractivity contribution >= 4 is 17.5 Å². The van der Waals surface area contributed by atoms with Gasteiger partial charge in [-0.15, -0.1) is 0 Å². The molecular formula is C20H22ClFN2O3. The van der Waals surface area contributed by atoms with Crippen molar-refractivity contribution < 1.29 is 18.7 Å². The van der Waals surface area contributed by atoms with Crippen LogP contribution in [-0.2, 0) is 17.8 Å². The number of carbonyl (C=O) groups is 1. The van der Waals surface area contributed by atoms with Crippen LogP contribution in [-0.4, -0.2) is 44.2 Å². The lowest BCUT2D eigenvalue weighted by Gasteiger charge is -2.19. The second kappa shape index (κ2) is 9.06. The van der Waals surface area contributed by atoms with E-state index in [4.69, 9.17) is 21.1 Å². The van der Waals surface area contributed by atoms with E-state index in [0.717, 1.165) is 17.1 Å². The summed E-state index contributed by atoms with van der Waals surface area (Å²) >= 11 is 6.03. The molecule has 0 aromatic heterocycles. The number of amides is 1. The van der Waals surface area contributed by atoms with Gasteiger partial charge in [0.25, 0.3) is 0 Å². The average molecular weight is 393 g/mol. The summed E-state index contributed by atoms with van der Waals surface area (Å²) in [5, 5.41) is 3.24. The molecule has 0 radical (unpaired) electrons. The summed E-state index contributed by atoms with van der Waals surface area (Å²) in [5.74, 6) is 1.00. The van der Waals surface area contributed by atoms with Gasteiger partial charge in [0.15, 0.2) is 11.5 Å². The van der Waals surface area contributed by atoms with E-state index in [2.05, 4.69) is 5.32 Å². The van der Waals surface area contributed by atoms with Gasteiger partial charge >= 0.3 is 0 Å². The Morgan fingerprint density at radius 1 is 1.22 bits per heavy atom. The molecule has 5 nitrogen and oxygen atoms in total. The normalized spacial score (nSPS) is 12.9. The second-order valence-electron chi connectivity index (χ2n) is 6.45. The number of ether oxygens (including phenoxy) is 2. The minimum absolute atomic E-state index is 0.123. The summed E-state index contributed by atoms with van der Waals surface area (Å²) in [5.41, 5.74) is 1.46. The fourth-order valence-corrected chi connectivity index (χ4v) is 3.12. The Bertz CT molecular complexity index is 796. The molecule has 1 N–H and O–H groups in total. The minimum atomic E-state index is -0.367. The van der Waals surface area contributed by atoms with Crippen molar-refractivity contribution in [1.29, 1.82) is 0 Å². The Morgan fingerprint density at radius 2 is 2.00 bits per heavy atom. The monoisotopic (exact) mass is 392 g/mol. The first-order valence-electron chi connectivity index (χ1n) is 8.79. The summed E-state index contributed by atoms with van der Waals surface area (Å²) in [6.45, 7) is 2.04. The molecule has 1 amide bonds. The highest BCUT2D eigenvalue weighted by molar-refractivity contribution is 6.31. The predicted octanol–water partition coefficient (Wildman–Crippen LogP) is 3.04. The van der Waals surface area contributed by atoms with Gasteiger partial charge in [-0.3, -0.25) is 9.69 Å². The quantitative estimate of drug-likeness (QED) is 0.787. The average Bonchev–Trinajstić information content (AvgIpc) is 2.65. The zero-order chi connectivity index (χ0) is 19.2. The van der Waals surface area contributed by atoms with Gasteiger partial charge in [-0.2, -0.15) is 0 Å². The Balaban J connectivity index is 1.44. The minimum Gasteiger partial charge on any atom is -0.486 e. The van der Waals surface area contributed by atoms with Crippen LogP contribution in [0.5, 0.6) is 11.5 Å². The Hall–Kier alpha value is -2.31. The van der Waals surface area contributed by atoms with E-state index in [9.17, 15) is 9.18 Å². The first kappa shape index (κ1) is 19.5. The van der Waals surface area contributed by atoms with Crippen molar-refractivity contribution in [2.24, 2.45) is 0 Å². The van der Waals surface area contributed by atoms with Gasteiger partial charge in [0.1, 0.15) is 19.0 Å². The molecule has 0 saturated heterocycles. The fourth-order valence-electron chi connectivity index (χ4n) is 2.90. The fraction of sp³-hybridized carbons (Fsp3) is 0.350. The lowest BCUT2D eigenvalue weighted by Crippen LogP contribution is -2.36. The van der Waals surface area contributed by atoms with Crippen LogP contribution in [0.3, 0.4) is 0 Å². The van der Waals surface area contributed by atoms with Crippen LogP contribution in [0.2, 0.25) is 5.02 Å². The number of hydrogen-bond donors (Lipinski definition) is 1. The van der Waals surface area contributed by atoms with Crippen molar-refractivity contribution in [3.05, 3.63) is 58.4 Å². The van der Waals surface area contributed by atoms with Gasteiger partial charge in [-0.05, 0) is 43.3 Å². The molecule has 0 aliphatic carbocycles. The first-order chi connectivity index (χ1) is 13.0. The van der Waals surface area contributed by atoms with E-state index in [1.54, 1.807) is 24.1 Å². The van der Waals surface area contributed by atoms with Crippen molar-refractivity contribution in [3.63, 3.8) is 0 Å². The Labute approximate surface area is 163 Å². The third-order valence-electron chi connectivity index (χ3n) is 4.25. The summed E-state index contributed by atoms with van der Waals surface area (Å²) in [6.07, 6.45) is 0.686. The number of nitrogens with zero attached hydrogens (tertiary/aromatic N) is 1. The second-order valence-corrected chi connectivity index (χ2v) is 6.86. The molecule has 0 bridgehead atoms. The number of fused-ring (bicyclic) bond motifs is 1. The van der Waals surface area contributed by atoms with Gasteiger partial charge in [-0.25, -0.2) is 4.39 Å². The number of likely N-dealkylation sites (N-methyl/N-ethyl adjacent to an activating group) is 1. The van der Waals surface area contributed by atoms with Crippen LogP contribution in [0.1, 0.15) is 11.1 Å². The molecular weight excluding hydrogens is 371 g/mol. The first-order valence-corrected chi connectivity index (χ1v) is 9.17. The number of hydrogen-bond acceptors (Lipinski definition) is 4. The molecule has 144 valence electrons. The maximum Gasteiger partial charge on any atom is 0.234 e. The van der Waals surface area contributed by atoms with Crippen LogP contribution < -0.4 is 14.8 Å². The van der Waals surface area contributed by atoms with Crippen molar-refractivity contribution in [3.8, 4) is 11.5 Å². The third kappa shape index (κ3) is 5.34. The highest BCUT2D eigenvalue weighted by atomic mass is 35.5. The maximum absolute atomic E-state index is 13.8. The summed E-state index contributed by atoms with van der Waals surface area (Å²) in [4.78, 5) is 13.8. The van der Waals surface area contributed by atoms with Crippen molar-refractivity contribution in [1.82, 2.24) is 10.2 Å². The molecule has 7 heteroatoms. The van der Waals surface area contributed by atoms with Crippen LogP contribution in [0.4, 0.5) is 4.39 Å². The topological polar surface area (TPSA) is 50.8 Å². The van der Waals surface area contributed by atoms with E-state index in [1.807, 2.05) is 18.2 Å². The predicted molar refractivity (Wildman–Crippen MR) is 102 cm³/mol. The third-order valence-corrected chi connectivity index (χ3v) is 4.60. The van der Waals surface area contributed by atoms with E-state index < -0.39 is 0 Å². The van der Waals surface area contributed by atoms with Crippen molar-refractivity contribution in [2.75, 3.05) is 33.4 Å². The van der Waals surface area contributed by atoms with Gasteiger partial charge in [0, 0.05) is 23.7 Å². The molecule has 3 rings (SSSR count). The van der Waals surface area contributed by atoms with Gasteiger partial charge in [0.2, 0.25) is 5.91 Å². The zero-order valence-corrected chi connectivity index (χ0v) is 15.9. The number of rotatable bonds is 7. The molecule has 27 heavy (non-hydrogen) atoms. The standard InChI is InChI=1S/C20H22ClFN2O3/c1-24(12-15-16(21)3-2-4-17(15)22)13-20(25)23-8-7-14-5-6-18-19(11-14)27-10-9-26-18/h2-6,11H,7-10,12-13H2,1H3,(H,23,25). The van der Waals surface area contributed by atoms with Crippen LogP contribution in [0, 0.1) is 5.82 Å². The Morgan fingerprint density at radius 3 is 2.78 bits per heavy atom. The van der Waals surface area contributed by atoms with Gasteiger partial charge in [-0.1, -0.05) is 23.7 Å². The molecule has 0 unspecified atom stereocenters. The molecule has 0 atom stereocenters. The number of halogens is 2. The molecule has 0 spiro atoms. The lowest BCUT2D eigenvalue weighted by atomic mass is 10.1. The largest absolute Gasteiger partial charge is 0.486 e. The molecule has 0 fully saturated rings. The smallest absolute Gasteiger partial charge is 0.234 e. The molecule has 2 aromatic rings. The van der Waals surface area contributed by atoms with Gasteiger partial charge in [0.05, 0.1) is 6.54 Å². The summed E-state index contributed by atoms with van der Waals surface area (Å²) in [6, 6.07) is 10.4. The molecule has 2 aromatic carbocycles. The molecule has 1 aliphatic rings. The lowest BCUT2D eigenvalue weighted by molar-refractivity contribution is -0.122. The molecule has 1 heterocycles. The highest BCUT2D eigenvalue weighted by Gasteiger charge is 2.13. The highest BCUT2D eigenvalue weighted by Crippen LogP contribution is 2.30. The maximum atomic E-state index is 13.8. The Kier molecular flexibility index (Phi) is 6.53. The number of carbonyl (C=O) groups excluding carboxylic acids is 1. The van der Waals surface area contributed by atoms with Crippen LogP contribution in [0.25, 0.3) is 0 Å². The van der Waals surface area contributed by atoms with Gasteiger partial charge < -0.3 is 14.8 Å². The number of benzene rings is 2. The molecule has 1 aliphatic heterocycles. The molecule has 0 saturated carbocycles.